The van der Waals surface area contributed by atoms with E-state index < -0.39 is 0 Å². The molecule has 0 fully saturated rings. The molecule has 0 aliphatic carbocycles. The monoisotopic (exact) mass is 353 g/mol. The number of nitrogens with one attached hydrogen (secondary N) is 2. The maximum Gasteiger partial charge on any atom is 0.316 e. The number of amides is 1. The molecule has 3 aromatic rings. The Morgan fingerprint density at radius 3 is 2.65 bits per heavy atom. The second-order valence-corrected chi connectivity index (χ2v) is 5.35. The average molecular weight is 353 g/mol. The minimum Gasteiger partial charge on any atom is -0.453 e. The quantitative estimate of drug-likeness (QED) is 0.581. The summed E-state index contributed by atoms with van der Waals surface area (Å²) in [6.07, 6.45) is 6.94. The van der Waals surface area contributed by atoms with Crippen molar-refractivity contribution in [2.45, 2.75) is 6.92 Å². The van der Waals surface area contributed by atoms with Crippen molar-refractivity contribution in [3.05, 3.63) is 54.9 Å². The van der Waals surface area contributed by atoms with Crippen LogP contribution in [0, 0.1) is 6.92 Å². The van der Waals surface area contributed by atoms with Crippen LogP contribution >= 0.6 is 0 Å². The summed E-state index contributed by atoms with van der Waals surface area (Å²) in [5.74, 6) is 1.90. The van der Waals surface area contributed by atoms with Gasteiger partial charge in [0.05, 0.1) is 0 Å². The predicted molar refractivity (Wildman–Crippen MR) is 95.1 cm³/mol. The van der Waals surface area contributed by atoms with E-state index in [1.54, 1.807) is 18.5 Å². The van der Waals surface area contributed by atoms with Gasteiger partial charge in [-0.05, 0) is 25.1 Å². The summed E-state index contributed by atoms with van der Waals surface area (Å²) in [4.78, 5) is 28.3. The van der Waals surface area contributed by atoms with Crippen LogP contribution in [0.25, 0.3) is 5.82 Å². The SMILES string of the molecule is Cc1nc(NCCNC(=O)COc2ncccn2)cc(-n2cccc2)n1. The van der Waals surface area contributed by atoms with E-state index in [1.165, 1.54) is 0 Å². The lowest BCUT2D eigenvalue weighted by Gasteiger charge is -2.10. The van der Waals surface area contributed by atoms with Gasteiger partial charge in [-0.25, -0.2) is 19.9 Å². The van der Waals surface area contributed by atoms with Crippen molar-refractivity contribution < 1.29 is 9.53 Å². The van der Waals surface area contributed by atoms with Gasteiger partial charge in [-0.1, -0.05) is 0 Å². The number of aromatic nitrogens is 5. The van der Waals surface area contributed by atoms with Gasteiger partial charge < -0.3 is 19.9 Å². The summed E-state index contributed by atoms with van der Waals surface area (Å²) in [7, 11) is 0. The third-order valence-electron chi connectivity index (χ3n) is 3.32. The van der Waals surface area contributed by atoms with Crippen molar-refractivity contribution in [1.29, 1.82) is 0 Å². The highest BCUT2D eigenvalue weighted by atomic mass is 16.5. The molecule has 1 amide bonds. The van der Waals surface area contributed by atoms with E-state index in [2.05, 4.69) is 30.6 Å². The maximum absolute atomic E-state index is 11.7. The van der Waals surface area contributed by atoms with E-state index in [0.717, 1.165) is 5.82 Å². The van der Waals surface area contributed by atoms with Crippen molar-refractivity contribution in [2.75, 3.05) is 25.0 Å². The van der Waals surface area contributed by atoms with Gasteiger partial charge in [0.2, 0.25) is 0 Å². The molecule has 0 bridgehead atoms. The largest absolute Gasteiger partial charge is 0.453 e. The Kier molecular flexibility index (Phi) is 5.71. The van der Waals surface area contributed by atoms with Gasteiger partial charge in [0.1, 0.15) is 17.5 Å². The fourth-order valence-electron chi connectivity index (χ4n) is 2.20. The maximum atomic E-state index is 11.7. The molecule has 3 rings (SSSR count). The first-order valence-corrected chi connectivity index (χ1v) is 8.10. The number of nitrogens with zero attached hydrogens (tertiary/aromatic N) is 5. The van der Waals surface area contributed by atoms with E-state index in [1.807, 2.05) is 42.1 Å². The van der Waals surface area contributed by atoms with E-state index in [-0.39, 0.29) is 18.5 Å². The minimum absolute atomic E-state index is 0.131. The Balaban J connectivity index is 1.43. The van der Waals surface area contributed by atoms with E-state index >= 15 is 0 Å². The second kappa shape index (κ2) is 8.56. The smallest absolute Gasteiger partial charge is 0.316 e. The summed E-state index contributed by atoms with van der Waals surface area (Å²) in [5, 5.41) is 5.92. The van der Waals surface area contributed by atoms with E-state index in [4.69, 9.17) is 4.74 Å². The van der Waals surface area contributed by atoms with Crippen molar-refractivity contribution in [2.24, 2.45) is 0 Å². The Morgan fingerprint density at radius 1 is 1.12 bits per heavy atom. The highest BCUT2D eigenvalue weighted by Crippen LogP contribution is 2.10. The number of rotatable bonds is 8. The van der Waals surface area contributed by atoms with Crippen LogP contribution in [0.2, 0.25) is 0 Å². The molecule has 0 atom stereocenters. The molecule has 3 aromatic heterocycles. The summed E-state index contributed by atoms with van der Waals surface area (Å²) in [5.41, 5.74) is 0. The first-order chi connectivity index (χ1) is 12.7. The normalized spacial score (nSPS) is 10.3. The topological polar surface area (TPSA) is 107 Å². The lowest BCUT2D eigenvalue weighted by atomic mass is 10.4. The third-order valence-corrected chi connectivity index (χ3v) is 3.32. The fourth-order valence-corrected chi connectivity index (χ4v) is 2.20. The van der Waals surface area contributed by atoms with Crippen LogP contribution in [-0.4, -0.2) is 50.1 Å². The molecule has 26 heavy (non-hydrogen) atoms. The van der Waals surface area contributed by atoms with Gasteiger partial charge in [0, 0.05) is 43.9 Å². The van der Waals surface area contributed by atoms with Gasteiger partial charge in [0.25, 0.3) is 5.91 Å². The molecule has 3 heterocycles. The molecule has 0 aliphatic rings. The molecule has 0 spiro atoms. The van der Waals surface area contributed by atoms with Crippen molar-refractivity contribution >= 4 is 11.7 Å². The van der Waals surface area contributed by atoms with Crippen LogP contribution in [-0.2, 0) is 4.79 Å². The average Bonchev–Trinajstić information content (AvgIpc) is 3.19. The van der Waals surface area contributed by atoms with Gasteiger partial charge >= 0.3 is 6.01 Å². The minimum atomic E-state index is -0.244. The van der Waals surface area contributed by atoms with Crippen LogP contribution in [0.5, 0.6) is 6.01 Å². The molecule has 0 aromatic carbocycles. The molecular formula is C17H19N7O2. The number of carbonyl (C=O) groups is 1. The molecule has 9 nitrogen and oxygen atoms in total. The lowest BCUT2D eigenvalue weighted by Crippen LogP contribution is -2.33. The number of hydrogen-bond acceptors (Lipinski definition) is 7. The lowest BCUT2D eigenvalue weighted by molar-refractivity contribution is -0.123. The molecule has 0 aliphatic heterocycles. The zero-order valence-corrected chi connectivity index (χ0v) is 14.3. The summed E-state index contributed by atoms with van der Waals surface area (Å²) in [6.45, 7) is 2.66. The standard InChI is InChI=1S/C17H19N7O2/c1-13-22-14(11-15(23-13)24-9-2-3-10-24)18-7-8-19-16(25)12-26-17-20-5-4-6-21-17/h2-6,9-11H,7-8,12H2,1H3,(H,19,25)(H,18,22,23). The first kappa shape index (κ1) is 17.3. The van der Waals surface area contributed by atoms with Crippen LogP contribution < -0.4 is 15.4 Å². The number of hydrogen-bond donors (Lipinski definition) is 2. The summed E-state index contributed by atoms with van der Waals surface area (Å²) in [6, 6.07) is 7.57. The van der Waals surface area contributed by atoms with E-state index in [0.29, 0.717) is 24.7 Å². The first-order valence-electron chi connectivity index (χ1n) is 8.10. The molecule has 0 saturated carbocycles. The fraction of sp³-hybridized carbons (Fsp3) is 0.235. The highest BCUT2D eigenvalue weighted by Gasteiger charge is 2.05. The molecule has 2 N–H and O–H groups in total. The van der Waals surface area contributed by atoms with Crippen molar-refractivity contribution in [3.63, 3.8) is 0 Å². The second-order valence-electron chi connectivity index (χ2n) is 5.35. The van der Waals surface area contributed by atoms with Crippen molar-refractivity contribution in [1.82, 2.24) is 29.8 Å². The van der Waals surface area contributed by atoms with Gasteiger partial charge in [-0.2, -0.15) is 0 Å². The molecule has 0 unspecified atom stereocenters. The molecule has 0 saturated heterocycles. The van der Waals surface area contributed by atoms with Crippen molar-refractivity contribution in [3.8, 4) is 11.8 Å². The molecule has 134 valence electrons. The van der Waals surface area contributed by atoms with Gasteiger partial charge in [0.15, 0.2) is 6.61 Å². The number of aryl methyl sites for hydroxylation is 1. The van der Waals surface area contributed by atoms with E-state index in [9.17, 15) is 4.79 Å². The molecule has 9 heteroatoms. The number of carbonyl (C=O) groups excluding carboxylic acids is 1. The third kappa shape index (κ3) is 5.00. The van der Waals surface area contributed by atoms with Crippen LogP contribution in [0.3, 0.4) is 0 Å². The molecule has 0 radical (unpaired) electrons. The van der Waals surface area contributed by atoms with Crippen LogP contribution in [0.4, 0.5) is 5.82 Å². The Labute approximate surface area is 150 Å². The zero-order chi connectivity index (χ0) is 18.2. The van der Waals surface area contributed by atoms with Crippen LogP contribution in [0.1, 0.15) is 5.82 Å². The highest BCUT2D eigenvalue weighted by molar-refractivity contribution is 5.77. The van der Waals surface area contributed by atoms with Gasteiger partial charge in [-0.3, -0.25) is 4.79 Å². The number of anilines is 1. The van der Waals surface area contributed by atoms with Gasteiger partial charge in [-0.15, -0.1) is 0 Å². The zero-order valence-electron chi connectivity index (χ0n) is 14.3. The van der Waals surface area contributed by atoms with Crippen LogP contribution in [0.15, 0.2) is 49.1 Å². The Morgan fingerprint density at radius 2 is 1.88 bits per heavy atom. The predicted octanol–water partition coefficient (Wildman–Crippen LogP) is 0.973. The number of ether oxygens (including phenoxy) is 1. The molecular weight excluding hydrogens is 334 g/mol. The Bertz CT molecular complexity index is 838. The Hall–Kier alpha value is -3.49. The summed E-state index contributed by atoms with van der Waals surface area (Å²) < 4.78 is 7.09. The summed E-state index contributed by atoms with van der Waals surface area (Å²) >= 11 is 0.